The van der Waals surface area contributed by atoms with Crippen LogP contribution in [0.25, 0.3) is 0 Å². The van der Waals surface area contributed by atoms with Crippen LogP contribution in [0, 0.1) is 35.5 Å². The summed E-state index contributed by atoms with van der Waals surface area (Å²) in [7, 11) is 0.285. The summed E-state index contributed by atoms with van der Waals surface area (Å²) in [5.41, 5.74) is 0. The van der Waals surface area contributed by atoms with Gasteiger partial charge in [0.2, 0.25) is 0 Å². The molecule has 8 aliphatic rings. The molecular formula is C26H43O2PPd+2. The molecular weight excluding hydrogens is 482 g/mol. The Kier molecular flexibility index (Phi) is 7.17. The molecule has 8 saturated carbocycles. The molecule has 172 valence electrons. The predicted octanol–water partition coefficient (Wildman–Crippen LogP) is 7.29. The van der Waals surface area contributed by atoms with E-state index in [1.165, 1.54) is 6.42 Å². The van der Waals surface area contributed by atoms with Gasteiger partial charge in [-0.3, -0.25) is 4.79 Å². The fourth-order valence-corrected chi connectivity index (χ4v) is 15.5. The Balaban J connectivity index is 0.000000404. The summed E-state index contributed by atoms with van der Waals surface area (Å²) in [6, 6.07) is 0. The van der Waals surface area contributed by atoms with Crippen molar-refractivity contribution >= 4 is 13.9 Å². The first-order valence-corrected chi connectivity index (χ1v) is 14.4. The number of carboxylic acid groups (broad SMARTS) is 1. The van der Waals surface area contributed by atoms with Gasteiger partial charge in [-0.1, -0.05) is 21.3 Å². The maximum atomic E-state index is 9.00. The third-order valence-corrected chi connectivity index (χ3v) is 14.0. The van der Waals surface area contributed by atoms with Crippen molar-refractivity contribution in [3.8, 4) is 0 Å². The minimum atomic E-state index is -0.833. The zero-order valence-electron chi connectivity index (χ0n) is 19.2. The molecule has 0 amide bonds. The van der Waals surface area contributed by atoms with Crippen molar-refractivity contribution in [3.05, 3.63) is 0 Å². The first kappa shape index (κ1) is 23.7. The number of rotatable bonds is 5. The van der Waals surface area contributed by atoms with Gasteiger partial charge in [0.15, 0.2) is 0 Å². The van der Waals surface area contributed by atoms with Crippen LogP contribution < -0.4 is 0 Å². The minimum absolute atomic E-state index is 0. The van der Waals surface area contributed by atoms with Crippen LogP contribution in [0.2, 0.25) is 0 Å². The van der Waals surface area contributed by atoms with Gasteiger partial charge >= 0.3 is 20.4 Å². The number of hydrogen-bond donors (Lipinski definition) is 1. The summed E-state index contributed by atoms with van der Waals surface area (Å²) in [4.78, 5) is 9.00. The first-order valence-electron chi connectivity index (χ1n) is 12.9. The SMILES string of the molecule is CC(=O)O.CCCCP(C12CC3CC(CC(C3)C1)C2)C12CC3CC(CC(C3)C1)C2.[Pd+2]. The van der Waals surface area contributed by atoms with Gasteiger partial charge in [0.1, 0.15) is 0 Å². The summed E-state index contributed by atoms with van der Waals surface area (Å²) < 4.78 is 0. The number of aliphatic carboxylic acids is 1. The van der Waals surface area contributed by atoms with Crippen LogP contribution >= 0.6 is 7.92 Å². The molecule has 0 radical (unpaired) electrons. The molecule has 0 unspecified atom stereocenters. The van der Waals surface area contributed by atoms with Crippen molar-refractivity contribution in [1.82, 2.24) is 0 Å². The number of carboxylic acids is 1. The minimum Gasteiger partial charge on any atom is -0.481 e. The predicted molar refractivity (Wildman–Crippen MR) is 122 cm³/mol. The summed E-state index contributed by atoms with van der Waals surface area (Å²) >= 11 is 0. The van der Waals surface area contributed by atoms with E-state index in [0.29, 0.717) is 0 Å². The quantitative estimate of drug-likeness (QED) is 0.303. The Morgan fingerprint density at radius 2 is 1.03 bits per heavy atom. The van der Waals surface area contributed by atoms with Crippen LogP contribution in [-0.2, 0) is 25.2 Å². The van der Waals surface area contributed by atoms with Gasteiger partial charge in [-0.25, -0.2) is 0 Å². The summed E-state index contributed by atoms with van der Waals surface area (Å²) in [5, 5.41) is 9.18. The molecule has 8 rings (SSSR count). The third-order valence-electron chi connectivity index (χ3n) is 9.89. The van der Waals surface area contributed by atoms with Gasteiger partial charge < -0.3 is 5.11 Å². The van der Waals surface area contributed by atoms with E-state index in [9.17, 15) is 0 Å². The molecule has 0 saturated heterocycles. The Labute approximate surface area is 199 Å². The Morgan fingerprint density at radius 3 is 1.27 bits per heavy atom. The molecule has 0 aromatic heterocycles. The zero-order valence-corrected chi connectivity index (χ0v) is 21.6. The van der Waals surface area contributed by atoms with Crippen molar-refractivity contribution in [2.24, 2.45) is 35.5 Å². The second-order valence-corrected chi connectivity index (χ2v) is 15.5. The molecule has 0 aromatic rings. The Hall–Kier alpha value is 0.562. The van der Waals surface area contributed by atoms with Crippen molar-refractivity contribution in [2.45, 2.75) is 114 Å². The van der Waals surface area contributed by atoms with E-state index >= 15 is 0 Å². The van der Waals surface area contributed by atoms with Crippen molar-refractivity contribution in [1.29, 1.82) is 0 Å². The fourth-order valence-electron chi connectivity index (χ4n) is 10.1. The molecule has 0 aliphatic heterocycles. The van der Waals surface area contributed by atoms with Crippen LogP contribution in [0.1, 0.15) is 104 Å². The maximum Gasteiger partial charge on any atom is 2.00 e. The van der Waals surface area contributed by atoms with Crippen molar-refractivity contribution in [2.75, 3.05) is 6.16 Å². The Morgan fingerprint density at radius 1 is 0.767 bits per heavy atom. The van der Waals surface area contributed by atoms with E-state index < -0.39 is 5.97 Å². The molecule has 0 spiro atoms. The van der Waals surface area contributed by atoms with Gasteiger partial charge in [0.05, 0.1) is 0 Å². The van der Waals surface area contributed by atoms with Crippen LogP contribution in [-0.4, -0.2) is 27.5 Å². The molecule has 0 heterocycles. The molecule has 0 aromatic carbocycles. The largest absolute Gasteiger partial charge is 2.00 e. The molecule has 0 atom stereocenters. The smallest absolute Gasteiger partial charge is 0.481 e. The molecule has 8 aliphatic carbocycles. The number of hydrogen-bond acceptors (Lipinski definition) is 1. The second-order valence-electron chi connectivity index (χ2n) is 12.3. The van der Waals surface area contributed by atoms with Gasteiger partial charge in [0.25, 0.3) is 5.97 Å². The van der Waals surface area contributed by atoms with Gasteiger partial charge in [-0.05, 0) is 135 Å². The third kappa shape index (κ3) is 4.36. The monoisotopic (exact) mass is 524 g/mol. The fraction of sp³-hybridized carbons (Fsp3) is 0.962. The molecule has 30 heavy (non-hydrogen) atoms. The van der Waals surface area contributed by atoms with E-state index in [2.05, 4.69) is 6.92 Å². The first-order chi connectivity index (χ1) is 13.9. The van der Waals surface area contributed by atoms with E-state index in [4.69, 9.17) is 9.90 Å². The van der Waals surface area contributed by atoms with E-state index in [1.54, 1.807) is 89.6 Å². The standard InChI is InChI=1S/C24H39P.C2H4O2.Pd/c1-2-3-4-25(23-11-17-5-18(12-23)7-19(6-17)13-23)24-14-20-8-21(15-24)10-22(9-20)16-24;1-2(3)4;/h17-22H,2-16H2,1H3;1H3,(H,3,4);/q;;+2. The van der Waals surface area contributed by atoms with Gasteiger partial charge in [-0.15, -0.1) is 0 Å². The van der Waals surface area contributed by atoms with E-state index in [-0.39, 0.29) is 28.3 Å². The van der Waals surface area contributed by atoms with Crippen LogP contribution in [0.15, 0.2) is 0 Å². The summed E-state index contributed by atoms with van der Waals surface area (Å²) in [6.45, 7) is 3.53. The molecule has 1 N–H and O–H groups in total. The van der Waals surface area contributed by atoms with Crippen LogP contribution in [0.5, 0.6) is 0 Å². The van der Waals surface area contributed by atoms with Crippen molar-refractivity contribution in [3.63, 3.8) is 0 Å². The second kappa shape index (κ2) is 9.07. The van der Waals surface area contributed by atoms with Crippen LogP contribution in [0.3, 0.4) is 0 Å². The normalized spacial score (nSPS) is 47.9. The molecule has 8 bridgehead atoms. The molecule has 2 nitrogen and oxygen atoms in total. The number of unbranched alkanes of at least 4 members (excludes halogenated alkanes) is 1. The summed E-state index contributed by atoms with van der Waals surface area (Å²) in [5.74, 6) is 6.12. The molecule has 4 heteroatoms. The maximum absolute atomic E-state index is 9.00. The average molecular weight is 525 g/mol. The van der Waals surface area contributed by atoms with Gasteiger partial charge in [-0.2, -0.15) is 0 Å². The zero-order chi connectivity index (χ0) is 20.2. The van der Waals surface area contributed by atoms with E-state index in [1.807, 2.05) is 0 Å². The van der Waals surface area contributed by atoms with Crippen molar-refractivity contribution < 1.29 is 30.3 Å². The molecule has 8 fully saturated rings. The van der Waals surface area contributed by atoms with Gasteiger partial charge in [0, 0.05) is 6.92 Å². The average Bonchev–Trinajstić information content (AvgIpc) is 2.58. The number of carbonyl (C=O) groups is 1. The van der Waals surface area contributed by atoms with Crippen LogP contribution in [0.4, 0.5) is 0 Å². The Bertz CT molecular complexity index is 514. The summed E-state index contributed by atoms with van der Waals surface area (Å²) in [6.07, 6.45) is 24.6. The van der Waals surface area contributed by atoms with E-state index in [0.717, 1.165) is 52.7 Å². The topological polar surface area (TPSA) is 37.3 Å².